The van der Waals surface area contributed by atoms with Gasteiger partial charge in [0, 0.05) is 0 Å². The van der Waals surface area contributed by atoms with Crippen molar-refractivity contribution in [3.05, 3.63) is 0 Å². The Bertz CT molecular complexity index is 17.8. The molecule has 0 amide bonds. The van der Waals surface area contributed by atoms with Gasteiger partial charge in [-0.2, -0.15) is 0 Å². The van der Waals surface area contributed by atoms with Gasteiger partial charge in [0.1, 0.15) is 0 Å². The molecule has 96 valence electrons. The van der Waals surface area contributed by atoms with E-state index >= 15 is 0 Å². The summed E-state index contributed by atoms with van der Waals surface area (Å²) in [6.07, 6.45) is 0. The topological polar surface area (TPSA) is 315 Å². The molecule has 18 heavy (non-hydrogen) atoms. The van der Waals surface area contributed by atoms with Crippen LogP contribution in [0.25, 0.3) is 0 Å². The standard InChI is InChI=1S/8Na.10H2O.8H/h;;;;;;;;10*1H2;;;;;;;;. The van der Waals surface area contributed by atoms with E-state index in [0.29, 0.717) is 0 Å². The Morgan fingerprint density at radius 1 is 0.111 bits per heavy atom. The van der Waals surface area contributed by atoms with Gasteiger partial charge >= 0.3 is 236 Å². The normalized spacial score (nSPS) is 0. The molecular formula is H28Na8O10. The molecule has 20 N–H and O–H groups in total. The van der Waals surface area contributed by atoms with Crippen LogP contribution in [0.15, 0.2) is 0 Å². The van der Waals surface area contributed by atoms with Crippen molar-refractivity contribution in [3.8, 4) is 0 Å². The Kier molecular flexibility index (Phi) is 3530. The Balaban J connectivity index is 0. The molecule has 0 saturated heterocycles. The molecule has 0 unspecified atom stereocenters. The summed E-state index contributed by atoms with van der Waals surface area (Å²) < 4.78 is 0. The van der Waals surface area contributed by atoms with Gasteiger partial charge in [0.15, 0.2) is 0 Å². The fourth-order valence-electron chi connectivity index (χ4n) is 0. The first-order chi connectivity index (χ1) is 0. The van der Waals surface area contributed by atoms with Crippen molar-refractivity contribution >= 4 is 236 Å². The molecule has 0 saturated carbocycles. The van der Waals surface area contributed by atoms with Crippen LogP contribution in [0.5, 0.6) is 0 Å². The summed E-state index contributed by atoms with van der Waals surface area (Å²) in [6.45, 7) is 0. The van der Waals surface area contributed by atoms with Gasteiger partial charge in [-0.1, -0.05) is 0 Å². The summed E-state index contributed by atoms with van der Waals surface area (Å²) >= 11 is 0. The first kappa shape index (κ1) is 268. The first-order valence-electron chi connectivity index (χ1n) is 0. The summed E-state index contributed by atoms with van der Waals surface area (Å²) in [4.78, 5) is 0. The Hall–Kier alpha value is 7.60. The second kappa shape index (κ2) is 237. The van der Waals surface area contributed by atoms with Crippen LogP contribution in [-0.4, -0.2) is 291 Å². The van der Waals surface area contributed by atoms with Crippen molar-refractivity contribution in [2.75, 3.05) is 0 Å². The molecule has 0 aliphatic rings. The fourth-order valence-corrected chi connectivity index (χ4v) is 0. The quantitative estimate of drug-likeness (QED) is 0.357. The molecule has 0 rings (SSSR count). The van der Waals surface area contributed by atoms with Gasteiger partial charge in [-0.25, -0.2) is 0 Å². The maximum atomic E-state index is 0. The van der Waals surface area contributed by atoms with E-state index in [1.807, 2.05) is 0 Å². The molecule has 0 atom stereocenters. The Morgan fingerprint density at radius 3 is 0.111 bits per heavy atom. The predicted molar refractivity (Wildman–Crippen MR) is 93.3 cm³/mol. The summed E-state index contributed by atoms with van der Waals surface area (Å²) in [6, 6.07) is 0. The molecule has 0 aliphatic carbocycles. The van der Waals surface area contributed by atoms with Gasteiger partial charge in [0.05, 0.1) is 0 Å². The van der Waals surface area contributed by atoms with Gasteiger partial charge in [-0.05, 0) is 0 Å². The minimum atomic E-state index is 0. The third-order valence-corrected chi connectivity index (χ3v) is 0. The summed E-state index contributed by atoms with van der Waals surface area (Å²) in [5.41, 5.74) is 0. The fraction of sp³-hybridized carbons (Fsp3) is 0. The van der Waals surface area contributed by atoms with E-state index < -0.39 is 0 Å². The summed E-state index contributed by atoms with van der Waals surface area (Å²) in [5, 5.41) is 0. The van der Waals surface area contributed by atoms with Crippen molar-refractivity contribution in [1.29, 1.82) is 0 Å². The van der Waals surface area contributed by atoms with Crippen LogP contribution in [0.2, 0.25) is 0 Å². The average Bonchev–Trinajstić information content (AvgIpc) is 0. The third-order valence-electron chi connectivity index (χ3n) is 0. The Morgan fingerprint density at radius 2 is 0.111 bits per heavy atom. The van der Waals surface area contributed by atoms with Crippen LogP contribution >= 0.6 is 0 Å². The van der Waals surface area contributed by atoms with E-state index in [0.717, 1.165) is 0 Å². The monoisotopic (exact) mass is 372 g/mol. The molecule has 0 heterocycles. The molecule has 0 fully saturated rings. The number of hydrogen-bond acceptors (Lipinski definition) is 0. The molecule has 0 aromatic heterocycles. The zero-order valence-corrected chi connectivity index (χ0v) is 5.00. The van der Waals surface area contributed by atoms with Crippen LogP contribution < -0.4 is 0 Å². The number of hydrogen-bond donors (Lipinski definition) is 0. The van der Waals surface area contributed by atoms with Gasteiger partial charge in [0.25, 0.3) is 0 Å². The molecule has 18 heteroatoms. The van der Waals surface area contributed by atoms with Crippen molar-refractivity contribution in [2.24, 2.45) is 0 Å². The Labute approximate surface area is 283 Å². The van der Waals surface area contributed by atoms with E-state index in [1.165, 1.54) is 0 Å². The maximum absolute atomic E-state index is 0. The molecule has 0 radical (unpaired) electrons. The molecule has 0 aromatic rings. The van der Waals surface area contributed by atoms with Crippen molar-refractivity contribution in [1.82, 2.24) is 0 Å². The first-order valence-corrected chi connectivity index (χ1v) is 0. The van der Waals surface area contributed by atoms with Crippen LogP contribution in [-0.2, 0) is 0 Å². The van der Waals surface area contributed by atoms with E-state index in [1.54, 1.807) is 0 Å². The molecule has 0 aromatic carbocycles. The summed E-state index contributed by atoms with van der Waals surface area (Å²) in [7, 11) is 0. The predicted octanol–water partition coefficient (Wildman–Crippen LogP) is -13.4. The second-order valence-corrected chi connectivity index (χ2v) is 0. The minimum absolute atomic E-state index is 0. The molecule has 0 aliphatic heterocycles. The molecule has 0 bridgehead atoms. The zero-order valence-electron chi connectivity index (χ0n) is 5.00. The van der Waals surface area contributed by atoms with E-state index in [-0.39, 0.29) is 291 Å². The number of rotatable bonds is 0. The van der Waals surface area contributed by atoms with E-state index in [2.05, 4.69) is 0 Å². The molecule has 10 nitrogen and oxygen atoms in total. The average molecular weight is 372 g/mol. The molecule has 0 spiro atoms. The van der Waals surface area contributed by atoms with Crippen molar-refractivity contribution in [2.45, 2.75) is 0 Å². The van der Waals surface area contributed by atoms with Crippen molar-refractivity contribution in [3.63, 3.8) is 0 Å². The zero-order chi connectivity index (χ0) is 0. The third kappa shape index (κ3) is 209. The second-order valence-electron chi connectivity index (χ2n) is 0. The van der Waals surface area contributed by atoms with Gasteiger partial charge in [-0.15, -0.1) is 0 Å². The van der Waals surface area contributed by atoms with E-state index in [4.69, 9.17) is 0 Å². The van der Waals surface area contributed by atoms with Crippen LogP contribution in [0.4, 0.5) is 0 Å². The van der Waals surface area contributed by atoms with Crippen LogP contribution in [0, 0.1) is 0 Å². The van der Waals surface area contributed by atoms with Crippen LogP contribution in [0.1, 0.15) is 0 Å². The van der Waals surface area contributed by atoms with Gasteiger partial charge in [0.2, 0.25) is 0 Å². The van der Waals surface area contributed by atoms with Crippen molar-refractivity contribution < 1.29 is 54.8 Å². The SMILES string of the molecule is O.O.O.O.O.O.O.O.O.O.[NaH].[NaH].[NaH].[NaH].[NaH].[NaH].[NaH].[NaH]. The van der Waals surface area contributed by atoms with E-state index in [9.17, 15) is 0 Å². The van der Waals surface area contributed by atoms with Crippen LogP contribution in [0.3, 0.4) is 0 Å². The van der Waals surface area contributed by atoms with Gasteiger partial charge in [-0.3, -0.25) is 0 Å². The summed E-state index contributed by atoms with van der Waals surface area (Å²) in [5.74, 6) is 0. The molecular weight excluding hydrogens is 344 g/mol. The van der Waals surface area contributed by atoms with Gasteiger partial charge < -0.3 is 54.8 Å².